The molecule has 2 aromatic heterocycles. The SMILES string of the molecule is C[C@H](NCc1cn2ccsc2n1)c1ccc(Br)cc1. The van der Waals surface area contributed by atoms with Crippen LogP contribution in [0.25, 0.3) is 4.96 Å². The zero-order chi connectivity index (χ0) is 13.2. The van der Waals surface area contributed by atoms with Crippen LogP contribution in [0.1, 0.15) is 24.2 Å². The maximum Gasteiger partial charge on any atom is 0.193 e. The lowest BCUT2D eigenvalue weighted by Gasteiger charge is -2.13. The fourth-order valence-corrected chi connectivity index (χ4v) is 2.97. The van der Waals surface area contributed by atoms with Gasteiger partial charge in [0.05, 0.1) is 5.69 Å². The summed E-state index contributed by atoms with van der Waals surface area (Å²) in [5.74, 6) is 0. The predicted octanol–water partition coefficient (Wildman–Crippen LogP) is 4.01. The molecule has 3 rings (SSSR count). The third kappa shape index (κ3) is 2.88. The van der Waals surface area contributed by atoms with Crippen LogP contribution in [0.2, 0.25) is 0 Å². The minimum absolute atomic E-state index is 0.313. The number of halogens is 1. The molecule has 0 aliphatic carbocycles. The fourth-order valence-electron chi connectivity index (χ4n) is 1.99. The Balaban J connectivity index is 1.65. The number of imidazole rings is 1. The van der Waals surface area contributed by atoms with Gasteiger partial charge in [-0.15, -0.1) is 11.3 Å². The smallest absolute Gasteiger partial charge is 0.193 e. The first kappa shape index (κ1) is 12.8. The second-order valence-corrected chi connectivity index (χ2v) is 6.27. The van der Waals surface area contributed by atoms with Gasteiger partial charge < -0.3 is 5.32 Å². The zero-order valence-electron chi connectivity index (χ0n) is 10.5. The van der Waals surface area contributed by atoms with E-state index in [1.165, 1.54) is 5.56 Å². The largest absolute Gasteiger partial charge is 0.305 e. The van der Waals surface area contributed by atoms with Gasteiger partial charge in [-0.3, -0.25) is 4.40 Å². The molecular formula is C14H14BrN3S. The van der Waals surface area contributed by atoms with Gasteiger partial charge in [0.15, 0.2) is 4.96 Å². The predicted molar refractivity (Wildman–Crippen MR) is 82.5 cm³/mol. The van der Waals surface area contributed by atoms with E-state index in [-0.39, 0.29) is 0 Å². The van der Waals surface area contributed by atoms with Gasteiger partial charge in [-0.05, 0) is 24.6 Å². The molecule has 19 heavy (non-hydrogen) atoms. The van der Waals surface area contributed by atoms with Crippen molar-refractivity contribution in [2.24, 2.45) is 0 Å². The molecule has 0 amide bonds. The maximum absolute atomic E-state index is 4.56. The summed E-state index contributed by atoms with van der Waals surface area (Å²) in [6.07, 6.45) is 4.11. The molecule has 3 nitrogen and oxygen atoms in total. The average molecular weight is 336 g/mol. The summed E-state index contributed by atoms with van der Waals surface area (Å²) in [5.41, 5.74) is 2.36. The van der Waals surface area contributed by atoms with Crippen molar-refractivity contribution in [3.8, 4) is 0 Å². The number of hydrogen-bond acceptors (Lipinski definition) is 3. The zero-order valence-corrected chi connectivity index (χ0v) is 12.9. The van der Waals surface area contributed by atoms with E-state index in [0.717, 1.165) is 21.7 Å². The van der Waals surface area contributed by atoms with Crippen molar-refractivity contribution in [2.75, 3.05) is 0 Å². The second-order valence-electron chi connectivity index (χ2n) is 4.48. The minimum atomic E-state index is 0.313. The summed E-state index contributed by atoms with van der Waals surface area (Å²) in [5, 5.41) is 5.54. The van der Waals surface area contributed by atoms with Gasteiger partial charge in [0.25, 0.3) is 0 Å². The Morgan fingerprint density at radius 3 is 2.89 bits per heavy atom. The molecule has 1 atom stereocenters. The molecule has 1 aromatic carbocycles. The number of rotatable bonds is 4. The first-order valence-corrected chi connectivity index (χ1v) is 7.79. The average Bonchev–Trinajstić information content (AvgIpc) is 2.97. The number of nitrogens with zero attached hydrogens (tertiary/aromatic N) is 2. The van der Waals surface area contributed by atoms with Crippen molar-refractivity contribution in [1.29, 1.82) is 0 Å². The normalized spacial score (nSPS) is 12.9. The lowest BCUT2D eigenvalue weighted by Crippen LogP contribution is -2.18. The van der Waals surface area contributed by atoms with Crippen LogP contribution in [0, 0.1) is 0 Å². The maximum atomic E-state index is 4.56. The van der Waals surface area contributed by atoms with Gasteiger partial charge in [0, 0.05) is 34.8 Å². The van der Waals surface area contributed by atoms with Crippen LogP contribution in [-0.4, -0.2) is 9.38 Å². The molecule has 0 bridgehead atoms. The van der Waals surface area contributed by atoms with Crippen LogP contribution >= 0.6 is 27.3 Å². The molecule has 98 valence electrons. The Hall–Kier alpha value is -1.17. The van der Waals surface area contributed by atoms with Crippen LogP contribution in [0.4, 0.5) is 0 Å². The third-order valence-electron chi connectivity index (χ3n) is 3.10. The van der Waals surface area contributed by atoms with E-state index in [4.69, 9.17) is 0 Å². The summed E-state index contributed by atoms with van der Waals surface area (Å²) in [6, 6.07) is 8.72. The Kier molecular flexibility index (Phi) is 3.68. The summed E-state index contributed by atoms with van der Waals surface area (Å²) in [7, 11) is 0. The van der Waals surface area contributed by atoms with Gasteiger partial charge >= 0.3 is 0 Å². The lowest BCUT2D eigenvalue weighted by atomic mass is 10.1. The van der Waals surface area contributed by atoms with Crippen molar-refractivity contribution < 1.29 is 0 Å². The lowest BCUT2D eigenvalue weighted by molar-refractivity contribution is 0.569. The third-order valence-corrected chi connectivity index (χ3v) is 4.40. The Morgan fingerprint density at radius 2 is 2.16 bits per heavy atom. The van der Waals surface area contributed by atoms with E-state index in [1.807, 2.05) is 11.6 Å². The molecule has 0 saturated carbocycles. The molecule has 0 fully saturated rings. The molecule has 1 N–H and O–H groups in total. The molecule has 0 aliphatic heterocycles. The van der Waals surface area contributed by atoms with Crippen molar-refractivity contribution >= 4 is 32.2 Å². The molecule has 0 aliphatic rings. The summed E-state index contributed by atoms with van der Waals surface area (Å²) >= 11 is 5.11. The molecular weight excluding hydrogens is 322 g/mol. The number of nitrogens with one attached hydrogen (secondary N) is 1. The monoisotopic (exact) mass is 335 g/mol. The highest BCUT2D eigenvalue weighted by Crippen LogP contribution is 2.17. The van der Waals surface area contributed by atoms with Crippen molar-refractivity contribution in [3.05, 3.63) is 57.8 Å². The van der Waals surface area contributed by atoms with Gasteiger partial charge in [0.1, 0.15) is 0 Å². The van der Waals surface area contributed by atoms with Crippen LogP contribution in [0.15, 0.2) is 46.5 Å². The van der Waals surface area contributed by atoms with Crippen LogP contribution in [0.3, 0.4) is 0 Å². The van der Waals surface area contributed by atoms with Gasteiger partial charge in [-0.1, -0.05) is 28.1 Å². The fraction of sp³-hybridized carbons (Fsp3) is 0.214. The second kappa shape index (κ2) is 5.45. The number of aromatic nitrogens is 2. The van der Waals surface area contributed by atoms with Gasteiger partial charge in [0.2, 0.25) is 0 Å². The van der Waals surface area contributed by atoms with E-state index in [2.05, 4.69) is 68.0 Å². The summed E-state index contributed by atoms with van der Waals surface area (Å²) in [6.45, 7) is 2.95. The van der Waals surface area contributed by atoms with Crippen molar-refractivity contribution in [1.82, 2.24) is 14.7 Å². The van der Waals surface area contributed by atoms with E-state index >= 15 is 0 Å². The van der Waals surface area contributed by atoms with E-state index < -0.39 is 0 Å². The molecule has 0 spiro atoms. The number of benzene rings is 1. The highest BCUT2D eigenvalue weighted by atomic mass is 79.9. The molecule has 0 radical (unpaired) electrons. The Morgan fingerprint density at radius 1 is 1.37 bits per heavy atom. The van der Waals surface area contributed by atoms with Gasteiger partial charge in [-0.2, -0.15) is 0 Å². The van der Waals surface area contributed by atoms with Crippen LogP contribution in [-0.2, 0) is 6.54 Å². The minimum Gasteiger partial charge on any atom is -0.305 e. The Labute approximate surface area is 124 Å². The van der Waals surface area contributed by atoms with Crippen molar-refractivity contribution in [3.63, 3.8) is 0 Å². The quantitative estimate of drug-likeness (QED) is 0.780. The summed E-state index contributed by atoms with van der Waals surface area (Å²) < 4.78 is 3.17. The molecule has 0 unspecified atom stereocenters. The number of hydrogen-bond donors (Lipinski definition) is 1. The molecule has 5 heteroatoms. The Bertz CT molecular complexity index is 643. The molecule has 2 heterocycles. The topological polar surface area (TPSA) is 29.3 Å². The van der Waals surface area contributed by atoms with E-state index in [0.29, 0.717) is 6.04 Å². The summed E-state index contributed by atoms with van der Waals surface area (Å²) in [4.78, 5) is 5.61. The van der Waals surface area contributed by atoms with Crippen molar-refractivity contribution in [2.45, 2.75) is 19.5 Å². The highest BCUT2D eigenvalue weighted by molar-refractivity contribution is 9.10. The first-order chi connectivity index (χ1) is 9.22. The number of thiazole rings is 1. The van der Waals surface area contributed by atoms with Gasteiger partial charge in [-0.25, -0.2) is 4.98 Å². The van der Waals surface area contributed by atoms with Crippen LogP contribution < -0.4 is 5.32 Å². The standard InChI is InChI=1S/C14H14BrN3S/c1-10(11-2-4-12(15)5-3-11)16-8-13-9-18-6-7-19-14(18)17-13/h2-7,9-10,16H,8H2,1H3/t10-/m0/s1. The molecule has 3 aromatic rings. The highest BCUT2D eigenvalue weighted by Gasteiger charge is 2.07. The van der Waals surface area contributed by atoms with E-state index in [9.17, 15) is 0 Å². The van der Waals surface area contributed by atoms with E-state index in [1.54, 1.807) is 11.3 Å². The van der Waals surface area contributed by atoms with Crippen LogP contribution in [0.5, 0.6) is 0 Å². The number of fused-ring (bicyclic) bond motifs is 1. The molecule has 0 saturated heterocycles. The first-order valence-electron chi connectivity index (χ1n) is 6.12.